The fraction of sp³-hybridized carbons (Fsp3) is 0.583. The molecule has 6 heteroatoms. The number of nitrogens with zero attached hydrogens (tertiary/aromatic N) is 2. The minimum atomic E-state index is -4.35. The van der Waals surface area contributed by atoms with Gasteiger partial charge in [0.1, 0.15) is 5.82 Å². The number of anilines is 1. The van der Waals surface area contributed by atoms with Gasteiger partial charge in [-0.1, -0.05) is 22.4 Å². The molecular weight excluding hydrogens is 309 g/mol. The fourth-order valence-electron chi connectivity index (χ4n) is 1.65. The second kappa shape index (κ2) is 6.97. The van der Waals surface area contributed by atoms with Crippen LogP contribution in [0.25, 0.3) is 0 Å². The molecule has 0 aliphatic heterocycles. The van der Waals surface area contributed by atoms with Crippen molar-refractivity contribution in [3.8, 4) is 0 Å². The standard InChI is InChI=1S/C12H16BrF3N2/c1-18(9-4-2-3-7-13)11-10(12(14,15)16)6-5-8-17-11/h5-6,8H,2-4,7,9H2,1H3. The molecule has 1 aromatic rings. The summed E-state index contributed by atoms with van der Waals surface area (Å²) < 4.78 is 38.3. The van der Waals surface area contributed by atoms with Crippen molar-refractivity contribution in [2.75, 3.05) is 23.8 Å². The van der Waals surface area contributed by atoms with Crippen LogP contribution >= 0.6 is 15.9 Å². The van der Waals surface area contributed by atoms with E-state index in [4.69, 9.17) is 0 Å². The normalized spacial score (nSPS) is 11.6. The summed E-state index contributed by atoms with van der Waals surface area (Å²) in [7, 11) is 1.64. The molecule has 0 saturated heterocycles. The molecule has 18 heavy (non-hydrogen) atoms. The first-order valence-corrected chi connectivity index (χ1v) is 6.88. The zero-order valence-electron chi connectivity index (χ0n) is 10.2. The molecular formula is C12H16BrF3N2. The van der Waals surface area contributed by atoms with Crippen molar-refractivity contribution < 1.29 is 13.2 Å². The second-order valence-electron chi connectivity index (χ2n) is 4.04. The smallest absolute Gasteiger partial charge is 0.359 e. The quantitative estimate of drug-likeness (QED) is 0.578. The molecule has 0 aromatic carbocycles. The van der Waals surface area contributed by atoms with Crippen molar-refractivity contribution in [1.82, 2.24) is 4.98 Å². The number of rotatable bonds is 6. The van der Waals surface area contributed by atoms with Gasteiger partial charge in [0.2, 0.25) is 0 Å². The van der Waals surface area contributed by atoms with E-state index in [1.54, 1.807) is 11.9 Å². The van der Waals surface area contributed by atoms with Crippen LogP contribution in [0.15, 0.2) is 18.3 Å². The summed E-state index contributed by atoms with van der Waals surface area (Å²) >= 11 is 3.32. The lowest BCUT2D eigenvalue weighted by molar-refractivity contribution is -0.137. The third kappa shape index (κ3) is 4.48. The molecule has 0 aliphatic carbocycles. The van der Waals surface area contributed by atoms with Gasteiger partial charge < -0.3 is 4.90 Å². The Kier molecular flexibility index (Phi) is 5.91. The number of unbranched alkanes of at least 4 members (excludes halogenated alkanes) is 2. The molecule has 1 aromatic heterocycles. The highest BCUT2D eigenvalue weighted by atomic mass is 79.9. The van der Waals surface area contributed by atoms with Crippen LogP contribution in [0.4, 0.5) is 19.0 Å². The van der Waals surface area contributed by atoms with Gasteiger partial charge in [-0.15, -0.1) is 0 Å². The zero-order chi connectivity index (χ0) is 13.6. The van der Waals surface area contributed by atoms with E-state index in [0.717, 1.165) is 30.7 Å². The second-order valence-corrected chi connectivity index (χ2v) is 4.84. The Bertz CT molecular complexity index is 369. The average Bonchev–Trinajstić information content (AvgIpc) is 2.33. The van der Waals surface area contributed by atoms with E-state index in [9.17, 15) is 13.2 Å². The van der Waals surface area contributed by atoms with Crippen LogP contribution in [0.3, 0.4) is 0 Å². The van der Waals surface area contributed by atoms with Crippen LogP contribution in [-0.2, 0) is 6.18 Å². The van der Waals surface area contributed by atoms with Gasteiger partial charge in [-0.25, -0.2) is 4.98 Å². The van der Waals surface area contributed by atoms with E-state index < -0.39 is 11.7 Å². The summed E-state index contributed by atoms with van der Waals surface area (Å²) in [4.78, 5) is 5.41. The van der Waals surface area contributed by atoms with Crippen molar-refractivity contribution in [3.05, 3.63) is 23.9 Å². The van der Waals surface area contributed by atoms with Gasteiger partial charge in [-0.2, -0.15) is 13.2 Å². The number of pyridine rings is 1. The number of hydrogen-bond donors (Lipinski definition) is 0. The van der Waals surface area contributed by atoms with Crippen LogP contribution < -0.4 is 4.90 Å². The molecule has 1 rings (SSSR count). The summed E-state index contributed by atoms with van der Waals surface area (Å²) in [5.74, 6) is 0.00356. The maximum atomic E-state index is 12.8. The lowest BCUT2D eigenvalue weighted by atomic mass is 10.2. The SMILES string of the molecule is CN(CCCCCBr)c1ncccc1C(F)(F)F. The highest BCUT2D eigenvalue weighted by Gasteiger charge is 2.34. The molecule has 0 spiro atoms. The molecule has 0 radical (unpaired) electrons. The molecule has 0 bridgehead atoms. The van der Waals surface area contributed by atoms with Gasteiger partial charge in [0.25, 0.3) is 0 Å². The molecule has 102 valence electrons. The Morgan fingerprint density at radius 2 is 2.00 bits per heavy atom. The molecule has 2 nitrogen and oxygen atoms in total. The Morgan fingerprint density at radius 1 is 1.28 bits per heavy atom. The third-order valence-electron chi connectivity index (χ3n) is 2.58. The summed E-state index contributed by atoms with van der Waals surface area (Å²) in [5, 5.41) is 0.925. The predicted octanol–water partition coefficient (Wildman–Crippen LogP) is 4.10. The number of aromatic nitrogens is 1. The summed E-state index contributed by atoms with van der Waals surface area (Å²) in [6, 6.07) is 2.38. The van der Waals surface area contributed by atoms with Crippen molar-refractivity contribution in [1.29, 1.82) is 0 Å². The van der Waals surface area contributed by atoms with Crippen molar-refractivity contribution in [2.24, 2.45) is 0 Å². The molecule has 0 atom stereocenters. The molecule has 0 saturated carbocycles. The van der Waals surface area contributed by atoms with Crippen LogP contribution in [0.5, 0.6) is 0 Å². The average molecular weight is 325 g/mol. The first-order chi connectivity index (χ1) is 8.46. The molecule has 0 unspecified atom stereocenters. The number of hydrogen-bond acceptors (Lipinski definition) is 2. The van der Waals surface area contributed by atoms with E-state index in [0.29, 0.717) is 6.54 Å². The summed E-state index contributed by atoms with van der Waals surface area (Å²) in [6.45, 7) is 0.576. The maximum Gasteiger partial charge on any atom is 0.419 e. The number of halogens is 4. The minimum Gasteiger partial charge on any atom is -0.359 e. The van der Waals surface area contributed by atoms with Gasteiger partial charge >= 0.3 is 6.18 Å². The molecule has 0 aliphatic rings. The molecule has 0 fully saturated rings. The highest BCUT2D eigenvalue weighted by Crippen LogP contribution is 2.34. The topological polar surface area (TPSA) is 16.1 Å². The third-order valence-corrected chi connectivity index (χ3v) is 3.14. The van der Waals surface area contributed by atoms with Gasteiger partial charge in [0.15, 0.2) is 0 Å². The van der Waals surface area contributed by atoms with Crippen LogP contribution in [0.2, 0.25) is 0 Å². The van der Waals surface area contributed by atoms with Gasteiger partial charge in [-0.05, 0) is 25.0 Å². The zero-order valence-corrected chi connectivity index (χ0v) is 11.8. The van der Waals surface area contributed by atoms with E-state index in [2.05, 4.69) is 20.9 Å². The van der Waals surface area contributed by atoms with Gasteiger partial charge in [0.05, 0.1) is 5.56 Å². The largest absolute Gasteiger partial charge is 0.419 e. The van der Waals surface area contributed by atoms with Crippen molar-refractivity contribution in [2.45, 2.75) is 25.4 Å². The minimum absolute atomic E-state index is 0.00356. The van der Waals surface area contributed by atoms with Crippen LogP contribution in [-0.4, -0.2) is 23.9 Å². The summed E-state index contributed by atoms with van der Waals surface area (Å²) in [5.41, 5.74) is -0.673. The van der Waals surface area contributed by atoms with E-state index in [-0.39, 0.29) is 5.82 Å². The first-order valence-electron chi connectivity index (χ1n) is 5.76. The molecule has 0 N–H and O–H groups in total. The summed E-state index contributed by atoms with van der Waals surface area (Å²) in [6.07, 6.45) is -0.0881. The highest BCUT2D eigenvalue weighted by molar-refractivity contribution is 9.09. The monoisotopic (exact) mass is 324 g/mol. The lowest BCUT2D eigenvalue weighted by Crippen LogP contribution is -2.23. The first kappa shape index (κ1) is 15.3. The Labute approximate surface area is 113 Å². The van der Waals surface area contributed by atoms with Crippen molar-refractivity contribution >= 4 is 21.7 Å². The fourth-order valence-corrected chi connectivity index (χ4v) is 2.05. The van der Waals surface area contributed by atoms with E-state index in [1.807, 2.05) is 0 Å². The van der Waals surface area contributed by atoms with Crippen LogP contribution in [0, 0.1) is 0 Å². The maximum absolute atomic E-state index is 12.8. The Balaban J connectivity index is 2.70. The van der Waals surface area contributed by atoms with E-state index in [1.165, 1.54) is 12.3 Å². The molecule has 0 amide bonds. The lowest BCUT2D eigenvalue weighted by Gasteiger charge is -2.21. The van der Waals surface area contributed by atoms with Gasteiger partial charge in [0, 0.05) is 25.1 Å². The van der Waals surface area contributed by atoms with Crippen LogP contribution in [0.1, 0.15) is 24.8 Å². The Hall–Kier alpha value is -0.780. The number of alkyl halides is 4. The van der Waals surface area contributed by atoms with Crippen molar-refractivity contribution in [3.63, 3.8) is 0 Å². The van der Waals surface area contributed by atoms with E-state index >= 15 is 0 Å². The molecule has 1 heterocycles. The van der Waals surface area contributed by atoms with Gasteiger partial charge in [-0.3, -0.25) is 0 Å². The Morgan fingerprint density at radius 3 is 2.61 bits per heavy atom. The predicted molar refractivity (Wildman–Crippen MR) is 70.2 cm³/mol.